The first-order chi connectivity index (χ1) is 11.7. The quantitative estimate of drug-likeness (QED) is 0.775. The van der Waals surface area contributed by atoms with E-state index in [2.05, 4.69) is 4.90 Å². The van der Waals surface area contributed by atoms with Crippen LogP contribution in [0.25, 0.3) is 0 Å². The molecule has 1 aromatic carbocycles. The van der Waals surface area contributed by atoms with Gasteiger partial charge in [-0.3, -0.25) is 9.69 Å². The lowest BCUT2D eigenvalue weighted by Crippen LogP contribution is -2.42. The average Bonchev–Trinajstić information content (AvgIpc) is 3.01. The van der Waals surface area contributed by atoms with Crippen molar-refractivity contribution < 1.29 is 19.0 Å². The van der Waals surface area contributed by atoms with Gasteiger partial charge in [-0.15, -0.1) is 11.8 Å². The minimum absolute atomic E-state index is 0.0162. The molecule has 0 aromatic heterocycles. The summed E-state index contributed by atoms with van der Waals surface area (Å²) < 4.78 is 16.1. The van der Waals surface area contributed by atoms with E-state index in [-0.39, 0.29) is 11.3 Å². The number of carbonyl (C=O) groups is 1. The molecule has 24 heavy (non-hydrogen) atoms. The molecule has 0 saturated carbocycles. The van der Waals surface area contributed by atoms with E-state index >= 15 is 0 Å². The van der Waals surface area contributed by atoms with Crippen LogP contribution in [0.3, 0.4) is 0 Å². The molecule has 7 heteroatoms. The number of hydrogen-bond acceptors (Lipinski definition) is 6. The van der Waals surface area contributed by atoms with Crippen LogP contribution in [0.4, 0.5) is 0 Å². The Bertz CT molecular complexity index is 555. The van der Waals surface area contributed by atoms with Crippen molar-refractivity contribution in [2.45, 2.75) is 5.37 Å². The van der Waals surface area contributed by atoms with E-state index in [0.29, 0.717) is 5.75 Å². The Morgan fingerprint density at radius 2 is 1.79 bits per heavy atom. The molecule has 1 aromatic rings. The SMILES string of the molecule is COc1cc(OC)cc(C2SCC(=O)N2CCN2CCOCC2)c1. The first-order valence-corrected chi connectivity index (χ1v) is 9.20. The fourth-order valence-electron chi connectivity index (χ4n) is 3.02. The molecule has 0 aliphatic carbocycles. The van der Waals surface area contributed by atoms with Crippen molar-refractivity contribution in [3.05, 3.63) is 23.8 Å². The smallest absolute Gasteiger partial charge is 0.233 e. The number of carbonyl (C=O) groups excluding carboxylic acids is 1. The molecule has 132 valence electrons. The van der Waals surface area contributed by atoms with E-state index in [4.69, 9.17) is 14.2 Å². The van der Waals surface area contributed by atoms with Gasteiger partial charge in [-0.05, 0) is 17.7 Å². The molecule has 0 spiro atoms. The van der Waals surface area contributed by atoms with E-state index in [9.17, 15) is 4.79 Å². The van der Waals surface area contributed by atoms with Crippen LogP contribution in [-0.2, 0) is 9.53 Å². The van der Waals surface area contributed by atoms with Gasteiger partial charge in [0.15, 0.2) is 0 Å². The third-order valence-corrected chi connectivity index (χ3v) is 5.64. The molecule has 3 rings (SSSR count). The predicted molar refractivity (Wildman–Crippen MR) is 93.7 cm³/mol. The molecule has 1 amide bonds. The Morgan fingerprint density at radius 3 is 2.42 bits per heavy atom. The summed E-state index contributed by atoms with van der Waals surface area (Å²) in [6.07, 6.45) is 0. The minimum atomic E-state index is 0.0162. The van der Waals surface area contributed by atoms with Gasteiger partial charge >= 0.3 is 0 Å². The minimum Gasteiger partial charge on any atom is -0.497 e. The Kier molecular flexibility index (Phi) is 5.86. The Morgan fingerprint density at radius 1 is 1.12 bits per heavy atom. The zero-order valence-corrected chi connectivity index (χ0v) is 15.0. The maximum Gasteiger partial charge on any atom is 0.233 e. The Hall–Kier alpha value is -1.44. The van der Waals surface area contributed by atoms with Crippen LogP contribution < -0.4 is 9.47 Å². The largest absolute Gasteiger partial charge is 0.497 e. The maximum absolute atomic E-state index is 12.3. The summed E-state index contributed by atoms with van der Waals surface area (Å²) >= 11 is 1.66. The molecule has 1 atom stereocenters. The van der Waals surface area contributed by atoms with Gasteiger partial charge in [0.05, 0.1) is 33.2 Å². The first-order valence-electron chi connectivity index (χ1n) is 8.15. The third kappa shape index (κ3) is 3.96. The maximum atomic E-state index is 12.3. The van der Waals surface area contributed by atoms with Gasteiger partial charge < -0.3 is 19.1 Å². The fourth-order valence-corrected chi connectivity index (χ4v) is 4.22. The Balaban J connectivity index is 1.72. The van der Waals surface area contributed by atoms with Gasteiger partial charge in [0.1, 0.15) is 16.9 Å². The van der Waals surface area contributed by atoms with Crippen LogP contribution in [0.15, 0.2) is 18.2 Å². The van der Waals surface area contributed by atoms with Gasteiger partial charge in [0.2, 0.25) is 5.91 Å². The second-order valence-corrected chi connectivity index (χ2v) is 6.92. The zero-order chi connectivity index (χ0) is 16.9. The summed E-state index contributed by atoms with van der Waals surface area (Å²) in [5.41, 5.74) is 1.05. The summed E-state index contributed by atoms with van der Waals surface area (Å²) in [7, 11) is 3.28. The van der Waals surface area contributed by atoms with Crippen molar-refractivity contribution >= 4 is 17.7 Å². The van der Waals surface area contributed by atoms with E-state index in [0.717, 1.165) is 56.5 Å². The van der Waals surface area contributed by atoms with E-state index in [1.165, 1.54) is 0 Å². The molecule has 2 saturated heterocycles. The summed E-state index contributed by atoms with van der Waals surface area (Å²) in [6, 6.07) is 5.82. The number of hydrogen-bond donors (Lipinski definition) is 0. The van der Waals surface area contributed by atoms with E-state index < -0.39 is 0 Å². The number of amides is 1. The van der Waals surface area contributed by atoms with Crippen molar-refractivity contribution in [1.29, 1.82) is 0 Å². The highest BCUT2D eigenvalue weighted by molar-refractivity contribution is 8.00. The molecule has 2 aliphatic rings. The molecule has 1 unspecified atom stereocenters. The summed E-state index contributed by atoms with van der Waals surface area (Å²) in [4.78, 5) is 16.7. The number of nitrogens with zero attached hydrogens (tertiary/aromatic N) is 2. The molecular formula is C17H24N2O4S. The highest BCUT2D eigenvalue weighted by Gasteiger charge is 2.33. The topological polar surface area (TPSA) is 51.2 Å². The van der Waals surface area contributed by atoms with Crippen LogP contribution >= 0.6 is 11.8 Å². The van der Waals surface area contributed by atoms with Crippen LogP contribution in [0, 0.1) is 0 Å². The van der Waals surface area contributed by atoms with Crippen LogP contribution in [0.2, 0.25) is 0 Å². The summed E-state index contributed by atoms with van der Waals surface area (Å²) in [5.74, 6) is 2.21. The lowest BCUT2D eigenvalue weighted by atomic mass is 10.1. The number of benzene rings is 1. The highest BCUT2D eigenvalue weighted by atomic mass is 32.2. The number of rotatable bonds is 6. The number of ether oxygens (including phenoxy) is 3. The lowest BCUT2D eigenvalue weighted by molar-refractivity contribution is -0.128. The van der Waals surface area contributed by atoms with Gasteiger partial charge in [0.25, 0.3) is 0 Å². The number of thioether (sulfide) groups is 1. The number of morpholine rings is 1. The van der Waals surface area contributed by atoms with Crippen molar-refractivity contribution in [1.82, 2.24) is 9.80 Å². The highest BCUT2D eigenvalue weighted by Crippen LogP contribution is 2.41. The molecule has 2 aliphatic heterocycles. The predicted octanol–water partition coefficient (Wildman–Crippen LogP) is 1.61. The molecule has 0 bridgehead atoms. The van der Waals surface area contributed by atoms with Gasteiger partial charge in [-0.25, -0.2) is 0 Å². The van der Waals surface area contributed by atoms with Crippen molar-refractivity contribution in [3.8, 4) is 11.5 Å². The van der Waals surface area contributed by atoms with Crippen LogP contribution in [0.5, 0.6) is 11.5 Å². The van der Waals surface area contributed by atoms with Crippen LogP contribution in [0.1, 0.15) is 10.9 Å². The second-order valence-electron chi connectivity index (χ2n) is 5.85. The standard InChI is InChI=1S/C17H24N2O4S/c1-21-14-9-13(10-15(11-14)22-2)17-19(16(20)12-24-17)4-3-18-5-7-23-8-6-18/h9-11,17H,3-8,12H2,1-2H3. The van der Waals surface area contributed by atoms with Gasteiger partial charge in [0, 0.05) is 32.2 Å². The lowest BCUT2D eigenvalue weighted by Gasteiger charge is -2.30. The van der Waals surface area contributed by atoms with Crippen LogP contribution in [-0.4, -0.2) is 75.1 Å². The second kappa shape index (κ2) is 8.09. The molecule has 2 fully saturated rings. The zero-order valence-electron chi connectivity index (χ0n) is 14.2. The normalized spacial score (nSPS) is 22.0. The molecule has 6 nitrogen and oxygen atoms in total. The molecule has 0 radical (unpaired) electrons. The fraction of sp³-hybridized carbons (Fsp3) is 0.588. The van der Waals surface area contributed by atoms with Crippen molar-refractivity contribution in [2.24, 2.45) is 0 Å². The monoisotopic (exact) mass is 352 g/mol. The van der Waals surface area contributed by atoms with E-state index in [1.807, 2.05) is 23.1 Å². The Labute approximate surface area is 147 Å². The summed E-state index contributed by atoms with van der Waals surface area (Å²) in [6.45, 7) is 5.04. The third-order valence-electron chi connectivity index (χ3n) is 4.39. The van der Waals surface area contributed by atoms with Gasteiger partial charge in [-0.2, -0.15) is 0 Å². The molecular weight excluding hydrogens is 328 g/mol. The number of methoxy groups -OCH3 is 2. The molecule has 2 heterocycles. The summed E-state index contributed by atoms with van der Waals surface area (Å²) in [5, 5.41) is 0.0162. The van der Waals surface area contributed by atoms with Gasteiger partial charge in [-0.1, -0.05) is 0 Å². The van der Waals surface area contributed by atoms with Crippen molar-refractivity contribution in [2.75, 3.05) is 59.4 Å². The van der Waals surface area contributed by atoms with Crippen molar-refractivity contribution in [3.63, 3.8) is 0 Å². The molecule has 0 N–H and O–H groups in total. The first kappa shape index (κ1) is 17.4. The van der Waals surface area contributed by atoms with E-state index in [1.54, 1.807) is 26.0 Å². The average molecular weight is 352 g/mol.